The van der Waals surface area contributed by atoms with Crippen LogP contribution in [0.2, 0.25) is 0 Å². The molecule has 1 aromatic rings. The van der Waals surface area contributed by atoms with Gasteiger partial charge in [-0.15, -0.1) is 0 Å². The average molecular weight is 265 g/mol. The molecule has 0 aliphatic heterocycles. The predicted molar refractivity (Wildman–Crippen MR) is 76.5 cm³/mol. The van der Waals surface area contributed by atoms with Crippen LogP contribution in [-0.2, 0) is 4.74 Å². The van der Waals surface area contributed by atoms with Crippen LogP contribution in [0.5, 0.6) is 0 Å². The van der Waals surface area contributed by atoms with Gasteiger partial charge in [0.05, 0.1) is 6.04 Å². The van der Waals surface area contributed by atoms with E-state index in [9.17, 15) is 0 Å². The second kappa shape index (κ2) is 9.29. The average Bonchev–Trinajstić information content (AvgIpc) is 2.46. The summed E-state index contributed by atoms with van der Waals surface area (Å²) in [7, 11) is 0. The van der Waals surface area contributed by atoms with Gasteiger partial charge in [0.1, 0.15) is 0 Å². The van der Waals surface area contributed by atoms with Crippen LogP contribution in [-0.4, -0.2) is 30.7 Å². The van der Waals surface area contributed by atoms with Gasteiger partial charge in [0.2, 0.25) is 5.96 Å². The minimum absolute atomic E-state index is 0.115. The number of nitrogens with one attached hydrogen (secondary N) is 2. The lowest BCUT2D eigenvalue weighted by molar-refractivity contribution is 0.146. The van der Waals surface area contributed by atoms with Crippen molar-refractivity contribution in [2.45, 2.75) is 26.3 Å². The summed E-state index contributed by atoms with van der Waals surface area (Å²) in [5.41, 5.74) is 3.71. The normalized spacial score (nSPS) is 13.1. The summed E-state index contributed by atoms with van der Waals surface area (Å²) in [5.74, 6) is 6.04. The van der Waals surface area contributed by atoms with Crippen LogP contribution in [0.15, 0.2) is 29.5 Å². The molecule has 0 spiro atoms. The maximum absolute atomic E-state index is 5.45. The SMILES string of the molecule is CCOCCCN=C(NN)NC(C)c1ccncc1. The van der Waals surface area contributed by atoms with Gasteiger partial charge in [0, 0.05) is 32.2 Å². The first-order valence-corrected chi connectivity index (χ1v) is 6.53. The van der Waals surface area contributed by atoms with Gasteiger partial charge in [-0.3, -0.25) is 15.4 Å². The van der Waals surface area contributed by atoms with Gasteiger partial charge in [0.25, 0.3) is 0 Å². The summed E-state index contributed by atoms with van der Waals surface area (Å²) < 4.78 is 5.25. The third kappa shape index (κ3) is 6.17. The number of nitrogens with two attached hydrogens (primary N) is 1. The summed E-state index contributed by atoms with van der Waals surface area (Å²) in [6.07, 6.45) is 4.41. The minimum atomic E-state index is 0.115. The molecule has 1 rings (SSSR count). The van der Waals surface area contributed by atoms with Crippen LogP contribution >= 0.6 is 0 Å². The Bertz CT molecular complexity index is 369. The third-order valence-corrected chi connectivity index (χ3v) is 2.62. The molecule has 0 radical (unpaired) electrons. The first-order chi connectivity index (χ1) is 9.27. The van der Waals surface area contributed by atoms with Gasteiger partial charge >= 0.3 is 0 Å². The fourth-order valence-corrected chi connectivity index (χ4v) is 1.58. The summed E-state index contributed by atoms with van der Waals surface area (Å²) >= 11 is 0. The highest BCUT2D eigenvalue weighted by molar-refractivity contribution is 5.79. The van der Waals surface area contributed by atoms with E-state index in [2.05, 4.69) is 20.7 Å². The van der Waals surface area contributed by atoms with E-state index >= 15 is 0 Å². The standard InChI is InChI=1S/C13H23N5O/c1-3-19-10-4-7-16-13(18-14)17-11(2)12-5-8-15-9-6-12/h5-6,8-9,11H,3-4,7,10,14H2,1-2H3,(H2,16,17,18). The summed E-state index contributed by atoms with van der Waals surface area (Å²) in [4.78, 5) is 8.35. The smallest absolute Gasteiger partial charge is 0.206 e. The third-order valence-electron chi connectivity index (χ3n) is 2.62. The molecule has 0 bridgehead atoms. The number of aliphatic imine (C=N–C) groups is 1. The summed E-state index contributed by atoms with van der Waals surface area (Å²) in [6.45, 7) is 6.16. The van der Waals surface area contributed by atoms with Crippen LogP contribution in [0.3, 0.4) is 0 Å². The largest absolute Gasteiger partial charge is 0.382 e. The topological polar surface area (TPSA) is 84.6 Å². The first-order valence-electron chi connectivity index (χ1n) is 6.53. The van der Waals surface area contributed by atoms with E-state index in [1.165, 1.54) is 0 Å². The molecular formula is C13H23N5O. The highest BCUT2D eigenvalue weighted by atomic mass is 16.5. The maximum Gasteiger partial charge on any atom is 0.206 e. The molecule has 6 nitrogen and oxygen atoms in total. The van der Waals surface area contributed by atoms with Gasteiger partial charge < -0.3 is 10.1 Å². The number of ether oxygens (including phenoxy) is 1. The Morgan fingerprint density at radius 1 is 1.47 bits per heavy atom. The van der Waals surface area contributed by atoms with Crippen molar-refractivity contribution < 1.29 is 4.74 Å². The molecule has 0 aliphatic rings. The zero-order chi connectivity index (χ0) is 13.9. The van der Waals surface area contributed by atoms with Crippen molar-refractivity contribution in [3.8, 4) is 0 Å². The Balaban J connectivity index is 2.41. The van der Waals surface area contributed by atoms with Crippen molar-refractivity contribution in [3.63, 3.8) is 0 Å². The van der Waals surface area contributed by atoms with Gasteiger partial charge in [-0.2, -0.15) is 0 Å². The van der Waals surface area contributed by atoms with Crippen molar-refractivity contribution in [1.29, 1.82) is 0 Å². The molecule has 0 fully saturated rings. The molecule has 106 valence electrons. The molecule has 0 saturated heterocycles. The second-order valence-electron chi connectivity index (χ2n) is 4.07. The van der Waals surface area contributed by atoms with Crippen LogP contribution in [0.1, 0.15) is 31.9 Å². The number of nitrogens with zero attached hydrogens (tertiary/aromatic N) is 2. The Labute approximate surface area is 114 Å². The lowest BCUT2D eigenvalue weighted by Gasteiger charge is -2.16. The molecular weight excluding hydrogens is 242 g/mol. The van der Waals surface area contributed by atoms with Crippen molar-refractivity contribution in [2.75, 3.05) is 19.8 Å². The van der Waals surface area contributed by atoms with E-state index in [-0.39, 0.29) is 6.04 Å². The van der Waals surface area contributed by atoms with Gasteiger partial charge in [-0.1, -0.05) is 0 Å². The van der Waals surface area contributed by atoms with E-state index < -0.39 is 0 Å². The van der Waals surface area contributed by atoms with Crippen molar-refractivity contribution in [2.24, 2.45) is 10.8 Å². The first kappa shape index (κ1) is 15.4. The summed E-state index contributed by atoms with van der Waals surface area (Å²) in [5, 5.41) is 3.22. The van der Waals surface area contributed by atoms with Gasteiger partial charge in [-0.05, 0) is 38.0 Å². The lowest BCUT2D eigenvalue weighted by atomic mass is 10.1. The number of pyridine rings is 1. The van der Waals surface area contributed by atoms with Crippen LogP contribution in [0, 0.1) is 0 Å². The highest BCUT2D eigenvalue weighted by Crippen LogP contribution is 2.09. The molecule has 4 N–H and O–H groups in total. The quantitative estimate of drug-likeness (QED) is 0.225. The Hall–Kier alpha value is -1.66. The Morgan fingerprint density at radius 2 is 2.21 bits per heavy atom. The molecule has 1 atom stereocenters. The predicted octanol–water partition coefficient (Wildman–Crippen LogP) is 0.978. The molecule has 0 aromatic carbocycles. The monoisotopic (exact) mass is 265 g/mol. The maximum atomic E-state index is 5.45. The van der Waals surface area contributed by atoms with E-state index in [0.717, 1.165) is 25.2 Å². The molecule has 19 heavy (non-hydrogen) atoms. The summed E-state index contributed by atoms with van der Waals surface area (Å²) in [6, 6.07) is 4.03. The van der Waals surface area contributed by atoms with E-state index in [0.29, 0.717) is 12.5 Å². The minimum Gasteiger partial charge on any atom is -0.382 e. The van der Waals surface area contributed by atoms with Crippen molar-refractivity contribution in [1.82, 2.24) is 15.7 Å². The van der Waals surface area contributed by atoms with Gasteiger partial charge in [0.15, 0.2) is 0 Å². The van der Waals surface area contributed by atoms with Crippen LogP contribution < -0.4 is 16.6 Å². The van der Waals surface area contributed by atoms with E-state index in [1.54, 1.807) is 12.4 Å². The van der Waals surface area contributed by atoms with Crippen LogP contribution in [0.25, 0.3) is 0 Å². The number of hydrogen-bond acceptors (Lipinski definition) is 4. The fourth-order valence-electron chi connectivity index (χ4n) is 1.58. The number of aromatic nitrogens is 1. The van der Waals surface area contributed by atoms with E-state index in [1.807, 2.05) is 26.0 Å². The second-order valence-corrected chi connectivity index (χ2v) is 4.07. The van der Waals surface area contributed by atoms with Gasteiger partial charge in [-0.25, -0.2) is 5.84 Å². The Morgan fingerprint density at radius 3 is 2.84 bits per heavy atom. The molecule has 0 amide bonds. The van der Waals surface area contributed by atoms with Crippen molar-refractivity contribution >= 4 is 5.96 Å². The molecule has 1 unspecified atom stereocenters. The zero-order valence-corrected chi connectivity index (χ0v) is 11.6. The highest BCUT2D eigenvalue weighted by Gasteiger charge is 2.06. The molecule has 1 heterocycles. The van der Waals surface area contributed by atoms with Crippen molar-refractivity contribution in [3.05, 3.63) is 30.1 Å². The lowest BCUT2D eigenvalue weighted by Crippen LogP contribution is -2.42. The fraction of sp³-hybridized carbons (Fsp3) is 0.538. The number of hydrazine groups is 1. The zero-order valence-electron chi connectivity index (χ0n) is 11.6. The number of rotatable bonds is 7. The molecule has 0 aliphatic carbocycles. The molecule has 1 aromatic heterocycles. The number of guanidine groups is 1. The van der Waals surface area contributed by atoms with Crippen LogP contribution in [0.4, 0.5) is 0 Å². The molecule has 6 heteroatoms. The Kier molecular flexibility index (Phi) is 7.53. The molecule has 0 saturated carbocycles. The van der Waals surface area contributed by atoms with E-state index in [4.69, 9.17) is 10.6 Å². The number of hydrogen-bond donors (Lipinski definition) is 3.